The van der Waals surface area contributed by atoms with Gasteiger partial charge in [0.15, 0.2) is 5.82 Å². The van der Waals surface area contributed by atoms with Crippen LogP contribution in [0.3, 0.4) is 0 Å². The van der Waals surface area contributed by atoms with Gasteiger partial charge in [-0.15, -0.1) is 11.6 Å². The number of thiophene rings is 1. The van der Waals surface area contributed by atoms with Crippen molar-refractivity contribution < 1.29 is 0 Å². The van der Waals surface area contributed by atoms with Crippen LogP contribution in [0, 0.1) is 6.92 Å². The minimum Gasteiger partial charge on any atom is -0.232 e. The van der Waals surface area contributed by atoms with Gasteiger partial charge in [0, 0.05) is 10.9 Å². The van der Waals surface area contributed by atoms with Crippen LogP contribution in [0.25, 0.3) is 11.4 Å². The van der Waals surface area contributed by atoms with E-state index in [9.17, 15) is 0 Å². The number of alkyl halides is 1. The summed E-state index contributed by atoms with van der Waals surface area (Å²) in [6.45, 7) is 2.02. The Morgan fingerprint density at radius 2 is 2.13 bits per heavy atom. The number of nitrogens with zero attached hydrogens (tertiary/aromatic N) is 2. The summed E-state index contributed by atoms with van der Waals surface area (Å²) in [6, 6.07) is 1.68. The number of hydrogen-bond donors (Lipinski definition) is 0. The minimum absolute atomic E-state index is 0.346. The fraction of sp³-hybridized carbons (Fsp3) is 0.200. The third-order valence-corrected chi connectivity index (χ3v) is 3.31. The van der Waals surface area contributed by atoms with Gasteiger partial charge in [-0.05, 0) is 23.9 Å². The molecule has 0 unspecified atom stereocenters. The number of aromatic nitrogens is 2. The number of hydrogen-bond acceptors (Lipinski definition) is 3. The predicted molar refractivity (Wildman–Crippen MR) is 64.6 cm³/mol. The minimum atomic E-state index is 0.346. The van der Waals surface area contributed by atoms with E-state index in [1.165, 1.54) is 0 Å². The molecule has 0 aliphatic carbocycles. The maximum Gasteiger partial charge on any atom is 0.162 e. The van der Waals surface area contributed by atoms with Crippen molar-refractivity contribution in [1.29, 1.82) is 0 Å². The predicted octanol–water partition coefficient (Wildman–Crippen LogP) is 3.91. The zero-order valence-corrected chi connectivity index (χ0v) is 10.3. The summed E-state index contributed by atoms with van der Waals surface area (Å²) in [5.41, 5.74) is 2.92. The van der Waals surface area contributed by atoms with E-state index in [0.717, 1.165) is 16.8 Å². The molecular weight excluding hydrogens is 251 g/mol. The van der Waals surface area contributed by atoms with Crippen LogP contribution in [0.5, 0.6) is 0 Å². The lowest BCUT2D eigenvalue weighted by Crippen LogP contribution is -1.94. The van der Waals surface area contributed by atoms with Crippen LogP contribution in [-0.2, 0) is 5.88 Å². The summed E-state index contributed by atoms with van der Waals surface area (Å²) in [7, 11) is 0. The van der Waals surface area contributed by atoms with Crippen molar-refractivity contribution in [2.75, 3.05) is 0 Å². The van der Waals surface area contributed by atoms with E-state index in [0.29, 0.717) is 16.9 Å². The maximum atomic E-state index is 5.89. The summed E-state index contributed by atoms with van der Waals surface area (Å²) in [6.07, 6.45) is 0. The van der Waals surface area contributed by atoms with Crippen molar-refractivity contribution in [3.8, 4) is 11.4 Å². The maximum absolute atomic E-state index is 5.89. The lowest BCUT2D eigenvalue weighted by Gasteiger charge is -2.02. The molecule has 0 atom stereocenters. The molecule has 2 aromatic heterocycles. The zero-order chi connectivity index (χ0) is 10.8. The average Bonchev–Trinajstić information content (AvgIpc) is 2.63. The molecule has 2 rings (SSSR count). The first-order valence-electron chi connectivity index (χ1n) is 4.33. The molecule has 78 valence electrons. The summed E-state index contributed by atoms with van der Waals surface area (Å²) in [4.78, 5) is 8.52. The van der Waals surface area contributed by atoms with Gasteiger partial charge in [0.25, 0.3) is 0 Å². The third-order valence-electron chi connectivity index (χ3n) is 1.98. The SMILES string of the molecule is Cc1cscc1-c1nc(Cl)cc(CCl)n1. The Labute approximate surface area is 102 Å². The largest absolute Gasteiger partial charge is 0.232 e. The molecule has 0 radical (unpaired) electrons. The Balaban J connectivity index is 2.53. The number of aryl methyl sites for hydroxylation is 1. The van der Waals surface area contributed by atoms with Gasteiger partial charge in [0.1, 0.15) is 5.15 Å². The Morgan fingerprint density at radius 1 is 1.33 bits per heavy atom. The van der Waals surface area contributed by atoms with E-state index in [-0.39, 0.29) is 0 Å². The van der Waals surface area contributed by atoms with Crippen molar-refractivity contribution in [3.05, 3.63) is 33.2 Å². The van der Waals surface area contributed by atoms with E-state index < -0.39 is 0 Å². The Morgan fingerprint density at radius 3 is 2.73 bits per heavy atom. The van der Waals surface area contributed by atoms with Crippen molar-refractivity contribution >= 4 is 34.5 Å². The monoisotopic (exact) mass is 258 g/mol. The zero-order valence-electron chi connectivity index (χ0n) is 8.00. The first-order valence-corrected chi connectivity index (χ1v) is 6.19. The molecule has 0 N–H and O–H groups in total. The molecule has 0 amide bonds. The van der Waals surface area contributed by atoms with E-state index in [1.807, 2.05) is 12.3 Å². The Bertz CT molecular complexity index is 482. The molecule has 0 saturated carbocycles. The normalized spacial score (nSPS) is 10.6. The Kier molecular flexibility index (Phi) is 3.24. The molecule has 0 bridgehead atoms. The molecule has 0 fully saturated rings. The topological polar surface area (TPSA) is 25.8 Å². The van der Waals surface area contributed by atoms with Crippen LogP contribution in [0.1, 0.15) is 11.3 Å². The summed E-state index contributed by atoms with van der Waals surface area (Å²) in [5.74, 6) is 0.996. The van der Waals surface area contributed by atoms with Crippen LogP contribution < -0.4 is 0 Å². The summed E-state index contributed by atoms with van der Waals surface area (Å²) >= 11 is 13.2. The van der Waals surface area contributed by atoms with Gasteiger partial charge in [-0.3, -0.25) is 0 Å². The fourth-order valence-corrected chi connectivity index (χ4v) is 2.41. The van der Waals surface area contributed by atoms with Gasteiger partial charge in [-0.25, -0.2) is 9.97 Å². The summed E-state index contributed by atoms with van der Waals surface area (Å²) in [5, 5.41) is 4.50. The second-order valence-corrected chi connectivity index (χ2v) is 4.51. The van der Waals surface area contributed by atoms with E-state index in [4.69, 9.17) is 23.2 Å². The second kappa shape index (κ2) is 4.47. The van der Waals surface area contributed by atoms with E-state index in [2.05, 4.69) is 15.3 Å². The number of rotatable bonds is 2. The molecule has 5 heteroatoms. The van der Waals surface area contributed by atoms with Crippen LogP contribution in [0.4, 0.5) is 0 Å². The smallest absolute Gasteiger partial charge is 0.162 e. The fourth-order valence-electron chi connectivity index (χ4n) is 1.24. The highest BCUT2D eigenvalue weighted by atomic mass is 35.5. The molecule has 2 aromatic rings. The highest BCUT2D eigenvalue weighted by molar-refractivity contribution is 7.08. The van der Waals surface area contributed by atoms with Gasteiger partial charge >= 0.3 is 0 Å². The molecule has 2 nitrogen and oxygen atoms in total. The van der Waals surface area contributed by atoms with Gasteiger partial charge in [-0.2, -0.15) is 11.3 Å². The quantitative estimate of drug-likeness (QED) is 0.603. The molecular formula is C10H8Cl2N2S. The molecule has 0 spiro atoms. The van der Waals surface area contributed by atoms with Crippen LogP contribution in [0.15, 0.2) is 16.8 Å². The van der Waals surface area contributed by atoms with Gasteiger partial charge in [-0.1, -0.05) is 11.6 Å². The molecule has 0 aliphatic rings. The lowest BCUT2D eigenvalue weighted by molar-refractivity contribution is 1.09. The molecule has 2 heterocycles. The van der Waals surface area contributed by atoms with Crippen molar-refractivity contribution in [2.45, 2.75) is 12.8 Å². The van der Waals surface area contributed by atoms with Gasteiger partial charge in [0.2, 0.25) is 0 Å². The molecule has 0 aromatic carbocycles. The van der Waals surface area contributed by atoms with Crippen molar-refractivity contribution in [2.24, 2.45) is 0 Å². The summed E-state index contributed by atoms with van der Waals surface area (Å²) < 4.78 is 0. The highest BCUT2D eigenvalue weighted by Crippen LogP contribution is 2.25. The van der Waals surface area contributed by atoms with Crippen LogP contribution in [0.2, 0.25) is 5.15 Å². The van der Waals surface area contributed by atoms with Crippen LogP contribution in [-0.4, -0.2) is 9.97 Å². The standard InChI is InChI=1S/C10H8Cl2N2S/c1-6-4-15-5-8(6)10-13-7(3-11)2-9(12)14-10/h2,4-5H,3H2,1H3. The van der Waals surface area contributed by atoms with E-state index in [1.54, 1.807) is 17.4 Å². The van der Waals surface area contributed by atoms with E-state index >= 15 is 0 Å². The first-order chi connectivity index (χ1) is 7.20. The van der Waals surface area contributed by atoms with Crippen LogP contribution >= 0.6 is 34.5 Å². The van der Waals surface area contributed by atoms with Gasteiger partial charge < -0.3 is 0 Å². The highest BCUT2D eigenvalue weighted by Gasteiger charge is 2.08. The van der Waals surface area contributed by atoms with Crippen molar-refractivity contribution in [1.82, 2.24) is 9.97 Å². The second-order valence-electron chi connectivity index (χ2n) is 3.11. The third kappa shape index (κ3) is 2.30. The first kappa shape index (κ1) is 10.9. The van der Waals surface area contributed by atoms with Gasteiger partial charge in [0.05, 0.1) is 11.6 Å². The van der Waals surface area contributed by atoms with Crippen molar-refractivity contribution in [3.63, 3.8) is 0 Å². The Hall–Kier alpha value is -0.640. The lowest BCUT2D eigenvalue weighted by atomic mass is 10.2. The molecule has 15 heavy (non-hydrogen) atoms. The molecule has 0 saturated heterocycles. The average molecular weight is 259 g/mol. The number of halogens is 2. The molecule has 0 aliphatic heterocycles.